The number of hydrogen-bond donors (Lipinski definition) is 3. The largest absolute Gasteiger partial charge is 0.480 e. The van der Waals surface area contributed by atoms with Crippen molar-refractivity contribution in [1.29, 1.82) is 0 Å². The van der Waals surface area contributed by atoms with Crippen molar-refractivity contribution in [1.82, 2.24) is 10.6 Å². The smallest absolute Gasteiger partial charge is 0.408 e. The van der Waals surface area contributed by atoms with E-state index in [1.54, 1.807) is 0 Å². The molecule has 3 N–H and O–H groups in total. The van der Waals surface area contributed by atoms with Crippen LogP contribution in [0, 0.1) is 0 Å². The summed E-state index contributed by atoms with van der Waals surface area (Å²) in [5, 5.41) is 14.1. The van der Waals surface area contributed by atoms with E-state index in [2.05, 4.69) is 10.6 Å². The van der Waals surface area contributed by atoms with E-state index in [0.29, 0.717) is 6.54 Å². The number of rotatable bonds is 7. The lowest BCUT2D eigenvalue weighted by atomic mass is 10.2. The number of amides is 1. The molecule has 1 atom stereocenters. The van der Waals surface area contributed by atoms with Gasteiger partial charge in [0, 0.05) is 6.54 Å². The lowest BCUT2D eigenvalue weighted by molar-refractivity contribution is -0.139. The van der Waals surface area contributed by atoms with Gasteiger partial charge in [-0.05, 0) is 12.1 Å². The molecule has 0 bridgehead atoms. The fourth-order valence-electron chi connectivity index (χ4n) is 1.40. The summed E-state index contributed by atoms with van der Waals surface area (Å²) in [5.74, 6) is -1.10. The molecule has 0 saturated heterocycles. The molecule has 0 aromatic heterocycles. The van der Waals surface area contributed by atoms with Crippen LogP contribution in [-0.2, 0) is 16.1 Å². The zero-order valence-electron chi connectivity index (χ0n) is 10.8. The average Bonchev–Trinajstić information content (AvgIpc) is 2.42. The number of alkyl carbamates (subject to hydrolysis) is 1. The van der Waals surface area contributed by atoms with E-state index in [9.17, 15) is 9.59 Å². The van der Waals surface area contributed by atoms with E-state index in [4.69, 9.17) is 9.84 Å². The zero-order chi connectivity index (χ0) is 14.1. The summed E-state index contributed by atoms with van der Waals surface area (Å²) in [4.78, 5) is 22.4. The molecule has 1 amide bonds. The van der Waals surface area contributed by atoms with Crippen molar-refractivity contribution in [2.24, 2.45) is 0 Å². The van der Waals surface area contributed by atoms with Gasteiger partial charge in [-0.3, -0.25) is 0 Å². The topological polar surface area (TPSA) is 87.7 Å². The molecule has 0 aliphatic heterocycles. The molecule has 0 aliphatic rings. The van der Waals surface area contributed by atoms with E-state index in [1.165, 1.54) is 0 Å². The maximum atomic E-state index is 11.5. The molecule has 19 heavy (non-hydrogen) atoms. The van der Waals surface area contributed by atoms with Crippen LogP contribution in [0.2, 0.25) is 0 Å². The number of carboxylic acid groups (broad SMARTS) is 1. The van der Waals surface area contributed by atoms with Gasteiger partial charge in [0.1, 0.15) is 12.6 Å². The summed E-state index contributed by atoms with van der Waals surface area (Å²) in [6, 6.07) is 8.17. The minimum absolute atomic E-state index is 0.111. The van der Waals surface area contributed by atoms with Crippen molar-refractivity contribution in [3.63, 3.8) is 0 Å². The monoisotopic (exact) mass is 266 g/mol. The number of carboxylic acids is 1. The SMILES string of the molecule is CCNCC(NC(=O)OCc1ccccc1)C(=O)O. The van der Waals surface area contributed by atoms with Gasteiger partial charge in [0.2, 0.25) is 0 Å². The van der Waals surface area contributed by atoms with Crippen LogP contribution in [0.25, 0.3) is 0 Å². The Labute approximate surface area is 111 Å². The second kappa shape index (κ2) is 8.10. The van der Waals surface area contributed by atoms with E-state index < -0.39 is 18.1 Å². The number of carbonyl (C=O) groups is 2. The van der Waals surface area contributed by atoms with Crippen LogP contribution < -0.4 is 10.6 Å². The molecule has 0 spiro atoms. The number of aliphatic carboxylic acids is 1. The summed E-state index contributed by atoms with van der Waals surface area (Å²) in [5.41, 5.74) is 0.844. The standard InChI is InChI=1S/C13H18N2O4/c1-2-14-8-11(12(16)17)15-13(18)19-9-10-6-4-3-5-7-10/h3-7,11,14H,2,8-9H2,1H3,(H,15,18)(H,16,17). The van der Waals surface area contributed by atoms with Gasteiger partial charge < -0.3 is 20.5 Å². The van der Waals surface area contributed by atoms with Crippen LogP contribution in [0.4, 0.5) is 4.79 Å². The lowest BCUT2D eigenvalue weighted by Crippen LogP contribution is -2.47. The predicted octanol–water partition coefficient (Wildman–Crippen LogP) is 0.975. The first-order chi connectivity index (χ1) is 9.13. The molecule has 0 aliphatic carbocycles. The molecule has 0 heterocycles. The molecular formula is C13H18N2O4. The second-order valence-corrected chi connectivity index (χ2v) is 3.90. The Hall–Kier alpha value is -2.08. The van der Waals surface area contributed by atoms with Gasteiger partial charge in [0.25, 0.3) is 0 Å². The number of hydrogen-bond acceptors (Lipinski definition) is 4. The first kappa shape index (κ1) is 15.0. The maximum Gasteiger partial charge on any atom is 0.408 e. The van der Waals surface area contributed by atoms with E-state index in [1.807, 2.05) is 37.3 Å². The molecule has 0 radical (unpaired) electrons. The summed E-state index contributed by atoms with van der Waals surface area (Å²) < 4.78 is 4.95. The van der Waals surface area contributed by atoms with Gasteiger partial charge in [0.05, 0.1) is 0 Å². The lowest BCUT2D eigenvalue weighted by Gasteiger charge is -2.14. The Balaban J connectivity index is 2.38. The number of likely N-dealkylation sites (N-methyl/N-ethyl adjacent to an activating group) is 1. The third kappa shape index (κ3) is 5.87. The van der Waals surface area contributed by atoms with Crippen molar-refractivity contribution < 1.29 is 19.4 Å². The van der Waals surface area contributed by atoms with Crippen molar-refractivity contribution in [2.75, 3.05) is 13.1 Å². The number of nitrogens with one attached hydrogen (secondary N) is 2. The van der Waals surface area contributed by atoms with Crippen molar-refractivity contribution in [2.45, 2.75) is 19.6 Å². The number of benzene rings is 1. The van der Waals surface area contributed by atoms with Gasteiger partial charge in [-0.1, -0.05) is 37.3 Å². The Morgan fingerprint density at radius 1 is 1.32 bits per heavy atom. The van der Waals surface area contributed by atoms with Crippen molar-refractivity contribution >= 4 is 12.1 Å². The Kier molecular flexibility index (Phi) is 6.38. The minimum atomic E-state index is -1.10. The Bertz CT molecular complexity index is 408. The molecular weight excluding hydrogens is 248 g/mol. The molecule has 104 valence electrons. The second-order valence-electron chi connectivity index (χ2n) is 3.90. The van der Waals surface area contributed by atoms with Gasteiger partial charge in [-0.25, -0.2) is 9.59 Å². The number of ether oxygens (including phenoxy) is 1. The molecule has 1 rings (SSSR count). The van der Waals surface area contributed by atoms with Crippen LogP contribution in [0.15, 0.2) is 30.3 Å². The van der Waals surface area contributed by atoms with Gasteiger partial charge in [0.15, 0.2) is 0 Å². The molecule has 0 fully saturated rings. The Morgan fingerprint density at radius 3 is 2.58 bits per heavy atom. The molecule has 6 heteroatoms. The average molecular weight is 266 g/mol. The van der Waals surface area contributed by atoms with Gasteiger partial charge in [-0.15, -0.1) is 0 Å². The zero-order valence-corrected chi connectivity index (χ0v) is 10.8. The quantitative estimate of drug-likeness (QED) is 0.684. The molecule has 0 saturated carbocycles. The molecule has 1 unspecified atom stereocenters. The van der Waals surface area contributed by atoms with Crippen molar-refractivity contribution in [3.8, 4) is 0 Å². The summed E-state index contributed by atoms with van der Waals surface area (Å²) >= 11 is 0. The highest BCUT2D eigenvalue weighted by Crippen LogP contribution is 2.00. The molecule has 6 nitrogen and oxygen atoms in total. The fraction of sp³-hybridized carbons (Fsp3) is 0.385. The van der Waals surface area contributed by atoms with Crippen LogP contribution in [0.5, 0.6) is 0 Å². The van der Waals surface area contributed by atoms with Crippen LogP contribution in [-0.4, -0.2) is 36.3 Å². The maximum absolute atomic E-state index is 11.5. The summed E-state index contributed by atoms with van der Waals surface area (Å²) in [6.45, 7) is 2.75. The van der Waals surface area contributed by atoms with Crippen LogP contribution in [0.1, 0.15) is 12.5 Å². The van der Waals surface area contributed by atoms with E-state index in [-0.39, 0.29) is 13.2 Å². The molecule has 1 aromatic carbocycles. The minimum Gasteiger partial charge on any atom is -0.480 e. The fourth-order valence-corrected chi connectivity index (χ4v) is 1.40. The van der Waals surface area contributed by atoms with Gasteiger partial charge in [-0.2, -0.15) is 0 Å². The van der Waals surface area contributed by atoms with Crippen LogP contribution in [0.3, 0.4) is 0 Å². The van der Waals surface area contributed by atoms with Crippen LogP contribution >= 0.6 is 0 Å². The highest BCUT2D eigenvalue weighted by atomic mass is 16.5. The predicted molar refractivity (Wildman–Crippen MR) is 69.7 cm³/mol. The van der Waals surface area contributed by atoms with E-state index >= 15 is 0 Å². The highest BCUT2D eigenvalue weighted by Gasteiger charge is 2.19. The summed E-state index contributed by atoms with van der Waals surface area (Å²) in [6.07, 6.45) is -0.742. The summed E-state index contributed by atoms with van der Waals surface area (Å²) in [7, 11) is 0. The first-order valence-corrected chi connectivity index (χ1v) is 6.04. The Morgan fingerprint density at radius 2 is 2.00 bits per heavy atom. The normalized spacial score (nSPS) is 11.6. The number of carbonyl (C=O) groups excluding carboxylic acids is 1. The molecule has 1 aromatic rings. The van der Waals surface area contributed by atoms with Crippen molar-refractivity contribution in [3.05, 3.63) is 35.9 Å². The van der Waals surface area contributed by atoms with E-state index in [0.717, 1.165) is 5.56 Å². The third-order valence-electron chi connectivity index (χ3n) is 2.40. The highest BCUT2D eigenvalue weighted by molar-refractivity contribution is 5.80. The van der Waals surface area contributed by atoms with Gasteiger partial charge >= 0.3 is 12.1 Å². The third-order valence-corrected chi connectivity index (χ3v) is 2.40. The first-order valence-electron chi connectivity index (χ1n) is 6.04.